The highest BCUT2D eigenvalue weighted by molar-refractivity contribution is 7.90. The predicted octanol–water partition coefficient (Wildman–Crippen LogP) is 1.57. The van der Waals surface area contributed by atoms with Crippen molar-refractivity contribution < 1.29 is 17.6 Å². The molecule has 1 heterocycles. The minimum Gasteiger partial charge on any atom is -0.352 e. The van der Waals surface area contributed by atoms with E-state index in [1.54, 1.807) is 30.3 Å². The largest absolute Gasteiger partial charge is 0.352 e. The first kappa shape index (κ1) is 17.1. The Morgan fingerprint density at radius 2 is 1.96 bits per heavy atom. The number of aliphatic imine (C=N–C) groups is 1. The van der Waals surface area contributed by atoms with Crippen LogP contribution in [0, 0.1) is 5.82 Å². The van der Waals surface area contributed by atoms with E-state index < -0.39 is 10.0 Å². The van der Waals surface area contributed by atoms with Gasteiger partial charge in [-0.1, -0.05) is 24.3 Å². The third kappa shape index (κ3) is 4.03. The van der Waals surface area contributed by atoms with Gasteiger partial charge in [0.2, 0.25) is 5.91 Å². The van der Waals surface area contributed by atoms with Gasteiger partial charge in [-0.2, -0.15) is 0 Å². The van der Waals surface area contributed by atoms with Gasteiger partial charge in [-0.15, -0.1) is 0 Å². The first-order valence-corrected chi connectivity index (χ1v) is 9.12. The third-order valence-corrected chi connectivity index (χ3v) is 5.05. The second-order valence-corrected chi connectivity index (χ2v) is 7.14. The van der Waals surface area contributed by atoms with Gasteiger partial charge in [0.05, 0.1) is 11.4 Å². The number of rotatable bonds is 5. The zero-order valence-electron chi connectivity index (χ0n) is 13.2. The summed E-state index contributed by atoms with van der Waals surface area (Å²) in [6.07, 6.45) is 0.0999. The zero-order chi connectivity index (χ0) is 17.9. The second-order valence-electron chi connectivity index (χ2n) is 5.49. The van der Waals surface area contributed by atoms with Crippen LogP contribution in [0.5, 0.6) is 0 Å². The molecule has 1 aliphatic heterocycles. The normalized spacial score (nSPS) is 16.3. The molecule has 0 bridgehead atoms. The van der Waals surface area contributed by atoms with Crippen LogP contribution in [0.4, 0.5) is 4.39 Å². The van der Waals surface area contributed by atoms with Crippen LogP contribution in [0.1, 0.15) is 17.5 Å². The Hall–Kier alpha value is -2.74. The lowest BCUT2D eigenvalue weighted by Crippen LogP contribution is -2.25. The van der Waals surface area contributed by atoms with Crippen molar-refractivity contribution in [3.63, 3.8) is 0 Å². The number of amides is 1. The van der Waals surface area contributed by atoms with Crippen LogP contribution < -0.4 is 10.0 Å². The molecule has 0 spiro atoms. The van der Waals surface area contributed by atoms with Crippen molar-refractivity contribution in [3.8, 4) is 0 Å². The molecule has 6 nitrogen and oxygen atoms in total. The minimum absolute atomic E-state index is 0.0999. The Morgan fingerprint density at radius 3 is 2.76 bits per heavy atom. The van der Waals surface area contributed by atoms with Gasteiger partial charge in [-0.05, 0) is 29.8 Å². The summed E-state index contributed by atoms with van der Waals surface area (Å²) in [6.45, 7) is 0.365. The molecule has 0 unspecified atom stereocenters. The number of benzene rings is 2. The van der Waals surface area contributed by atoms with Crippen molar-refractivity contribution in [3.05, 3.63) is 65.5 Å². The first-order valence-electron chi connectivity index (χ1n) is 7.63. The summed E-state index contributed by atoms with van der Waals surface area (Å²) in [4.78, 5) is 16.2. The van der Waals surface area contributed by atoms with Gasteiger partial charge in [0.25, 0.3) is 10.0 Å². The number of fused-ring (bicyclic) bond motifs is 1. The maximum absolute atomic E-state index is 13.1. The summed E-state index contributed by atoms with van der Waals surface area (Å²) in [5, 5.41) is 2.67. The monoisotopic (exact) mass is 361 g/mol. The summed E-state index contributed by atoms with van der Waals surface area (Å²) in [6, 6.07) is 12.5. The Balaban J connectivity index is 1.56. The molecule has 25 heavy (non-hydrogen) atoms. The highest BCUT2D eigenvalue weighted by atomic mass is 32.2. The number of nitrogens with zero attached hydrogens (tertiary/aromatic N) is 1. The van der Waals surface area contributed by atoms with Crippen LogP contribution in [0.25, 0.3) is 0 Å². The van der Waals surface area contributed by atoms with Gasteiger partial charge in [0.1, 0.15) is 11.7 Å². The van der Waals surface area contributed by atoms with E-state index in [1.165, 1.54) is 18.2 Å². The Labute approximate surface area is 144 Å². The molecule has 0 radical (unpaired) electrons. The van der Waals surface area contributed by atoms with E-state index in [0.717, 1.165) is 0 Å². The van der Waals surface area contributed by atoms with E-state index in [9.17, 15) is 17.6 Å². The smallest absolute Gasteiger partial charge is 0.263 e. The molecule has 3 rings (SSSR count). The highest BCUT2D eigenvalue weighted by Crippen LogP contribution is 2.22. The molecule has 0 saturated carbocycles. The van der Waals surface area contributed by atoms with E-state index >= 15 is 0 Å². The minimum atomic E-state index is -3.57. The number of sulfonamides is 1. The molecule has 2 N–H and O–H groups in total. The molecule has 8 heteroatoms. The molecule has 0 aliphatic carbocycles. The van der Waals surface area contributed by atoms with Crippen molar-refractivity contribution in [2.75, 3.05) is 6.54 Å². The molecular weight excluding hydrogens is 345 g/mol. The summed E-state index contributed by atoms with van der Waals surface area (Å²) in [5.41, 5.74) is 1.17. The predicted molar refractivity (Wildman–Crippen MR) is 91.0 cm³/mol. The van der Waals surface area contributed by atoms with Crippen LogP contribution in [-0.4, -0.2) is 26.7 Å². The van der Waals surface area contributed by atoms with Crippen molar-refractivity contribution in [1.29, 1.82) is 0 Å². The molecule has 0 aromatic heterocycles. The Morgan fingerprint density at radius 1 is 1.16 bits per heavy atom. The van der Waals surface area contributed by atoms with Gasteiger partial charge in [0.15, 0.2) is 0 Å². The lowest BCUT2D eigenvalue weighted by Gasteiger charge is -2.05. The number of hydrogen-bond donors (Lipinski definition) is 2. The molecular formula is C17H16FN3O3S. The zero-order valence-corrected chi connectivity index (χ0v) is 14.0. The van der Waals surface area contributed by atoms with Crippen LogP contribution in [0.3, 0.4) is 0 Å². The van der Waals surface area contributed by atoms with Crippen molar-refractivity contribution in [2.45, 2.75) is 17.9 Å². The van der Waals surface area contributed by atoms with Crippen LogP contribution in [0.15, 0.2) is 58.4 Å². The molecule has 0 saturated heterocycles. The standard InChI is InChI=1S/C17H16FN3O3S/c18-13-5-3-4-12(10-13)11-20-16(22)8-9-19-17-14-6-1-2-7-15(14)25(23,24)21-17/h1-7,10H,8-9,11H2,(H,19,21)(H,20,22). The maximum Gasteiger partial charge on any atom is 0.263 e. The Kier molecular flexibility index (Phi) is 4.80. The van der Waals surface area contributed by atoms with Gasteiger partial charge >= 0.3 is 0 Å². The fourth-order valence-electron chi connectivity index (χ4n) is 2.46. The summed E-state index contributed by atoms with van der Waals surface area (Å²) >= 11 is 0. The molecule has 0 atom stereocenters. The van der Waals surface area contributed by atoms with E-state index in [1.807, 2.05) is 0 Å². The van der Waals surface area contributed by atoms with Crippen LogP contribution >= 0.6 is 0 Å². The average Bonchev–Trinajstić information content (AvgIpc) is 2.84. The molecule has 2 aromatic carbocycles. The fourth-order valence-corrected chi connectivity index (χ4v) is 3.71. The number of nitrogens with one attached hydrogen (secondary N) is 2. The second kappa shape index (κ2) is 7.02. The van der Waals surface area contributed by atoms with Crippen molar-refractivity contribution in [2.24, 2.45) is 4.99 Å². The Bertz CT molecular complexity index is 942. The lowest BCUT2D eigenvalue weighted by atomic mass is 10.2. The van der Waals surface area contributed by atoms with Gasteiger partial charge in [-0.25, -0.2) is 12.8 Å². The number of amidine groups is 1. The van der Waals surface area contributed by atoms with Crippen LogP contribution in [-0.2, 0) is 21.4 Å². The molecule has 1 amide bonds. The summed E-state index contributed by atoms with van der Waals surface area (Å²) in [7, 11) is -3.57. The summed E-state index contributed by atoms with van der Waals surface area (Å²) < 4.78 is 39.3. The SMILES string of the molecule is O=C(CCN=C1NS(=O)(=O)c2ccccc21)NCc1cccc(F)c1. The van der Waals surface area contributed by atoms with Gasteiger partial charge in [-0.3, -0.25) is 14.5 Å². The average molecular weight is 361 g/mol. The topological polar surface area (TPSA) is 87.6 Å². The van der Waals surface area contributed by atoms with Gasteiger partial charge < -0.3 is 5.32 Å². The number of carbonyl (C=O) groups excluding carboxylic acids is 1. The van der Waals surface area contributed by atoms with Gasteiger partial charge in [0, 0.05) is 18.5 Å². The van der Waals surface area contributed by atoms with Crippen LogP contribution in [0.2, 0.25) is 0 Å². The number of halogens is 1. The first-order chi connectivity index (χ1) is 12.0. The fraction of sp³-hybridized carbons (Fsp3) is 0.176. The summed E-state index contributed by atoms with van der Waals surface area (Å²) in [5.74, 6) is -0.360. The van der Waals surface area contributed by atoms with E-state index in [-0.39, 0.29) is 42.0 Å². The molecule has 0 fully saturated rings. The van der Waals surface area contributed by atoms with E-state index in [0.29, 0.717) is 11.1 Å². The molecule has 2 aromatic rings. The third-order valence-electron chi connectivity index (χ3n) is 3.65. The lowest BCUT2D eigenvalue weighted by molar-refractivity contribution is -0.121. The van der Waals surface area contributed by atoms with Crippen molar-refractivity contribution in [1.82, 2.24) is 10.0 Å². The highest BCUT2D eigenvalue weighted by Gasteiger charge is 2.29. The van der Waals surface area contributed by atoms with E-state index in [2.05, 4.69) is 15.0 Å². The molecule has 130 valence electrons. The maximum atomic E-state index is 13.1. The van der Waals surface area contributed by atoms with Crippen molar-refractivity contribution >= 4 is 21.8 Å². The molecule has 1 aliphatic rings. The number of carbonyl (C=O) groups is 1. The number of hydrogen-bond acceptors (Lipinski definition) is 4. The van der Waals surface area contributed by atoms with E-state index in [4.69, 9.17) is 0 Å². The quantitative estimate of drug-likeness (QED) is 0.847.